The maximum absolute atomic E-state index is 3.51. The summed E-state index contributed by atoms with van der Waals surface area (Å²) in [5.74, 6) is 2.74. The van der Waals surface area contributed by atoms with Gasteiger partial charge in [0.05, 0.1) is 0 Å². The van der Waals surface area contributed by atoms with Gasteiger partial charge in [-0.3, -0.25) is 0 Å². The van der Waals surface area contributed by atoms with Crippen LogP contribution in [0.2, 0.25) is 0 Å². The lowest BCUT2D eigenvalue weighted by atomic mass is 10.1. The van der Waals surface area contributed by atoms with E-state index in [1.165, 1.54) is 28.2 Å². The molecule has 0 saturated carbocycles. The van der Waals surface area contributed by atoms with Gasteiger partial charge in [-0.15, -0.1) is 11.8 Å². The molecule has 0 unspecified atom stereocenters. The molecule has 0 aliphatic heterocycles. The highest BCUT2D eigenvalue weighted by Crippen LogP contribution is 2.23. The van der Waals surface area contributed by atoms with E-state index in [2.05, 4.69) is 58.1 Å². The highest BCUT2D eigenvalue weighted by Gasteiger charge is 2.02. The van der Waals surface area contributed by atoms with Crippen LogP contribution in [-0.4, -0.2) is 12.3 Å². The van der Waals surface area contributed by atoms with Gasteiger partial charge in [-0.2, -0.15) is 0 Å². The molecule has 0 saturated heterocycles. The zero-order chi connectivity index (χ0) is 14.3. The second-order valence-corrected chi connectivity index (χ2v) is 7.31. The molecule has 1 rings (SSSR count). The van der Waals surface area contributed by atoms with E-state index in [0.717, 1.165) is 19.0 Å². The van der Waals surface area contributed by atoms with E-state index in [1.807, 2.05) is 11.8 Å². The van der Waals surface area contributed by atoms with Crippen LogP contribution in [0.5, 0.6) is 0 Å². The minimum atomic E-state index is 0.714. The molecule has 0 aliphatic carbocycles. The number of nitrogens with one attached hydrogen (secondary N) is 1. The van der Waals surface area contributed by atoms with Gasteiger partial charge in [0.25, 0.3) is 0 Å². The van der Waals surface area contributed by atoms with Crippen molar-refractivity contribution in [1.82, 2.24) is 5.32 Å². The second-order valence-electron chi connectivity index (χ2n) is 6.14. The van der Waals surface area contributed by atoms with Crippen molar-refractivity contribution >= 4 is 11.8 Å². The SMILES string of the molecule is Cc1cc(SCCC(C)C)ccc1CNCC(C)C. The van der Waals surface area contributed by atoms with Crippen molar-refractivity contribution in [3.63, 3.8) is 0 Å². The first-order valence-electron chi connectivity index (χ1n) is 7.42. The summed E-state index contributed by atoms with van der Waals surface area (Å²) in [6.07, 6.45) is 1.29. The van der Waals surface area contributed by atoms with E-state index in [1.54, 1.807) is 0 Å². The van der Waals surface area contributed by atoms with Crippen molar-refractivity contribution in [3.8, 4) is 0 Å². The molecule has 108 valence electrons. The molecular formula is C17H29NS. The Bertz CT molecular complexity index is 372. The summed E-state index contributed by atoms with van der Waals surface area (Å²) in [7, 11) is 0. The van der Waals surface area contributed by atoms with Gasteiger partial charge in [0, 0.05) is 11.4 Å². The van der Waals surface area contributed by atoms with E-state index in [9.17, 15) is 0 Å². The molecule has 0 heterocycles. The van der Waals surface area contributed by atoms with Crippen LogP contribution in [0.3, 0.4) is 0 Å². The van der Waals surface area contributed by atoms with Gasteiger partial charge >= 0.3 is 0 Å². The summed E-state index contributed by atoms with van der Waals surface area (Å²) in [6.45, 7) is 13.4. The molecule has 1 aromatic rings. The van der Waals surface area contributed by atoms with E-state index in [-0.39, 0.29) is 0 Å². The van der Waals surface area contributed by atoms with Crippen LogP contribution in [-0.2, 0) is 6.54 Å². The zero-order valence-electron chi connectivity index (χ0n) is 13.1. The maximum atomic E-state index is 3.51. The number of rotatable bonds is 8. The third-order valence-corrected chi connectivity index (χ3v) is 4.17. The van der Waals surface area contributed by atoms with E-state index >= 15 is 0 Å². The summed E-state index contributed by atoms with van der Waals surface area (Å²) >= 11 is 1.98. The van der Waals surface area contributed by atoms with E-state index in [0.29, 0.717) is 5.92 Å². The average Bonchev–Trinajstić information content (AvgIpc) is 2.31. The lowest BCUT2D eigenvalue weighted by molar-refractivity contribution is 0.551. The molecule has 0 fully saturated rings. The van der Waals surface area contributed by atoms with Crippen molar-refractivity contribution in [2.75, 3.05) is 12.3 Å². The molecule has 0 radical (unpaired) electrons. The molecule has 1 nitrogen and oxygen atoms in total. The number of benzene rings is 1. The number of thioether (sulfide) groups is 1. The van der Waals surface area contributed by atoms with Gasteiger partial charge in [0.15, 0.2) is 0 Å². The van der Waals surface area contributed by atoms with Gasteiger partial charge in [0.2, 0.25) is 0 Å². The van der Waals surface area contributed by atoms with Crippen LogP contribution in [0.4, 0.5) is 0 Å². The summed E-state index contributed by atoms with van der Waals surface area (Å²) in [5, 5.41) is 3.51. The first-order chi connectivity index (χ1) is 8.99. The largest absolute Gasteiger partial charge is 0.312 e. The predicted molar refractivity (Wildman–Crippen MR) is 87.9 cm³/mol. The van der Waals surface area contributed by atoms with Gasteiger partial charge in [-0.25, -0.2) is 0 Å². The van der Waals surface area contributed by atoms with Crippen LogP contribution in [0.1, 0.15) is 45.2 Å². The van der Waals surface area contributed by atoms with Crippen molar-refractivity contribution in [2.24, 2.45) is 11.8 Å². The lowest BCUT2D eigenvalue weighted by Crippen LogP contribution is -2.19. The van der Waals surface area contributed by atoms with Gasteiger partial charge in [0.1, 0.15) is 0 Å². The maximum Gasteiger partial charge on any atom is 0.0208 e. The Balaban J connectivity index is 2.45. The summed E-state index contributed by atoms with van der Waals surface area (Å²) in [5.41, 5.74) is 2.83. The van der Waals surface area contributed by atoms with Crippen LogP contribution in [0.25, 0.3) is 0 Å². The Morgan fingerprint density at radius 2 is 1.84 bits per heavy atom. The summed E-state index contributed by atoms with van der Waals surface area (Å²) in [6, 6.07) is 6.88. The van der Waals surface area contributed by atoms with Crippen LogP contribution in [0.15, 0.2) is 23.1 Å². The summed E-state index contributed by atoms with van der Waals surface area (Å²) in [4.78, 5) is 1.41. The molecule has 1 aromatic carbocycles. The van der Waals surface area contributed by atoms with Gasteiger partial charge in [-0.05, 0) is 60.7 Å². The smallest absolute Gasteiger partial charge is 0.0208 e. The van der Waals surface area contributed by atoms with E-state index < -0.39 is 0 Å². The Labute approximate surface area is 123 Å². The quantitative estimate of drug-likeness (QED) is 0.681. The van der Waals surface area contributed by atoms with Gasteiger partial charge < -0.3 is 5.32 Å². The number of hydrogen-bond acceptors (Lipinski definition) is 2. The topological polar surface area (TPSA) is 12.0 Å². The monoisotopic (exact) mass is 279 g/mol. The molecule has 19 heavy (non-hydrogen) atoms. The summed E-state index contributed by atoms with van der Waals surface area (Å²) < 4.78 is 0. The third kappa shape index (κ3) is 7.03. The van der Waals surface area contributed by atoms with Crippen LogP contribution < -0.4 is 5.32 Å². The fourth-order valence-electron chi connectivity index (χ4n) is 1.86. The molecule has 0 aliphatic rings. The number of hydrogen-bond donors (Lipinski definition) is 1. The highest BCUT2D eigenvalue weighted by molar-refractivity contribution is 7.99. The molecule has 0 spiro atoms. The normalized spacial score (nSPS) is 11.5. The highest BCUT2D eigenvalue weighted by atomic mass is 32.2. The molecule has 0 bridgehead atoms. The minimum Gasteiger partial charge on any atom is -0.312 e. The third-order valence-electron chi connectivity index (χ3n) is 3.15. The molecule has 0 amide bonds. The van der Waals surface area contributed by atoms with Crippen LogP contribution >= 0.6 is 11.8 Å². The van der Waals surface area contributed by atoms with Crippen LogP contribution in [0, 0.1) is 18.8 Å². The Hall–Kier alpha value is -0.470. The zero-order valence-corrected chi connectivity index (χ0v) is 13.9. The van der Waals surface area contributed by atoms with Crippen molar-refractivity contribution < 1.29 is 0 Å². The first kappa shape index (κ1) is 16.6. The Morgan fingerprint density at radius 1 is 1.11 bits per heavy atom. The minimum absolute atomic E-state index is 0.714. The first-order valence-corrected chi connectivity index (χ1v) is 8.40. The molecule has 0 aromatic heterocycles. The fourth-order valence-corrected chi connectivity index (χ4v) is 3.11. The standard InChI is InChI=1S/C17H29NS/c1-13(2)8-9-19-17-7-6-16(15(5)10-17)12-18-11-14(3)4/h6-7,10,13-14,18H,8-9,11-12H2,1-5H3. The number of aryl methyl sites for hydroxylation is 1. The molecule has 1 N–H and O–H groups in total. The average molecular weight is 279 g/mol. The lowest BCUT2D eigenvalue weighted by Gasteiger charge is -2.11. The second kappa shape index (κ2) is 8.65. The van der Waals surface area contributed by atoms with Gasteiger partial charge in [-0.1, -0.05) is 33.8 Å². The molecule has 2 heteroatoms. The molecular weight excluding hydrogens is 250 g/mol. The fraction of sp³-hybridized carbons (Fsp3) is 0.647. The Kier molecular flexibility index (Phi) is 7.55. The molecule has 0 atom stereocenters. The predicted octanol–water partition coefficient (Wildman–Crippen LogP) is 4.88. The Morgan fingerprint density at radius 3 is 2.42 bits per heavy atom. The van der Waals surface area contributed by atoms with Crippen molar-refractivity contribution in [3.05, 3.63) is 29.3 Å². The van der Waals surface area contributed by atoms with Crippen molar-refractivity contribution in [2.45, 2.75) is 52.5 Å². The van der Waals surface area contributed by atoms with Crippen molar-refractivity contribution in [1.29, 1.82) is 0 Å². The van der Waals surface area contributed by atoms with E-state index in [4.69, 9.17) is 0 Å².